The Hall–Kier alpha value is -0.450. The minimum Gasteiger partial charge on any atom is -1.00 e. The lowest BCUT2D eigenvalue weighted by Crippen LogP contribution is -3.00. The molecule has 0 unspecified atom stereocenters. The van der Waals surface area contributed by atoms with E-state index in [0.717, 1.165) is 0 Å². The number of ketones is 2. The second-order valence-electron chi connectivity index (χ2n) is 4.42. The molecule has 0 aliphatic rings. The molecular weight excluding hydrogens is 206 g/mol. The minimum atomic E-state index is -1.82. The number of carbonyl (C=O) groups excluding carboxylic acids is 2. The monoisotopic (exact) mass is 223 g/mol. The number of hydrogen-bond acceptors (Lipinski definition) is 3. The molecule has 0 fully saturated rings. The van der Waals surface area contributed by atoms with Crippen LogP contribution in [0.4, 0.5) is 0 Å². The first-order valence-electron chi connectivity index (χ1n) is 4.14. The van der Waals surface area contributed by atoms with Crippen LogP contribution in [0.5, 0.6) is 0 Å². The van der Waals surface area contributed by atoms with Gasteiger partial charge in [0.2, 0.25) is 5.60 Å². The van der Waals surface area contributed by atoms with E-state index in [0.29, 0.717) is 4.48 Å². The van der Waals surface area contributed by atoms with Crippen LogP contribution in [0.2, 0.25) is 0 Å². The molecular formula is C9H18ClNO3. The van der Waals surface area contributed by atoms with E-state index in [9.17, 15) is 14.7 Å². The number of quaternary nitrogens is 1. The van der Waals surface area contributed by atoms with Crippen molar-refractivity contribution in [2.24, 2.45) is 0 Å². The molecule has 0 rings (SSSR count). The van der Waals surface area contributed by atoms with E-state index < -0.39 is 17.2 Å². The van der Waals surface area contributed by atoms with Gasteiger partial charge in [-0.2, -0.15) is 0 Å². The summed E-state index contributed by atoms with van der Waals surface area (Å²) in [5, 5.41) is 9.79. The maximum Gasteiger partial charge on any atom is 0.230 e. The zero-order valence-electron chi connectivity index (χ0n) is 9.30. The lowest BCUT2D eigenvalue weighted by molar-refractivity contribution is -0.874. The first kappa shape index (κ1) is 16.0. The van der Waals surface area contributed by atoms with E-state index in [1.54, 1.807) is 0 Å². The smallest absolute Gasteiger partial charge is 0.230 e. The van der Waals surface area contributed by atoms with Crippen molar-refractivity contribution >= 4 is 11.6 Å². The van der Waals surface area contributed by atoms with Gasteiger partial charge in [-0.15, -0.1) is 0 Å². The summed E-state index contributed by atoms with van der Waals surface area (Å²) in [6, 6.07) is 0. The topological polar surface area (TPSA) is 54.4 Å². The number of halogens is 1. The van der Waals surface area contributed by atoms with Crippen LogP contribution in [0, 0.1) is 0 Å². The van der Waals surface area contributed by atoms with Gasteiger partial charge in [0.1, 0.15) is 6.54 Å². The number of hydrogen-bond donors (Lipinski definition) is 1. The lowest BCUT2D eigenvalue weighted by atomic mass is 9.94. The molecule has 0 spiro atoms. The van der Waals surface area contributed by atoms with Crippen LogP contribution in [-0.4, -0.2) is 54.4 Å². The molecule has 0 amide bonds. The normalized spacial score (nSPS) is 11.9. The SMILES string of the molecule is CC(=O)C(O)(C[N+](C)(C)C)C(C)=O.[Cl-]. The number of nitrogens with zero attached hydrogens (tertiary/aromatic N) is 1. The summed E-state index contributed by atoms with van der Waals surface area (Å²) in [4.78, 5) is 22.2. The fourth-order valence-corrected chi connectivity index (χ4v) is 1.16. The van der Waals surface area contributed by atoms with Gasteiger partial charge in [0.05, 0.1) is 21.1 Å². The Bertz CT molecular complexity index is 219. The third-order valence-electron chi connectivity index (χ3n) is 1.87. The van der Waals surface area contributed by atoms with Gasteiger partial charge in [-0.1, -0.05) is 0 Å². The molecule has 4 nitrogen and oxygen atoms in total. The summed E-state index contributed by atoms with van der Waals surface area (Å²) in [5.41, 5.74) is -1.82. The molecule has 0 heterocycles. The highest BCUT2D eigenvalue weighted by Crippen LogP contribution is 2.12. The Morgan fingerprint density at radius 2 is 1.43 bits per heavy atom. The first-order chi connectivity index (χ1) is 5.59. The molecule has 84 valence electrons. The van der Waals surface area contributed by atoms with Gasteiger partial charge in [0.25, 0.3) is 0 Å². The molecule has 0 aromatic rings. The molecule has 0 aromatic carbocycles. The summed E-state index contributed by atoms with van der Waals surface area (Å²) < 4.78 is 0.371. The molecule has 0 bridgehead atoms. The van der Waals surface area contributed by atoms with Gasteiger partial charge in [-0.05, 0) is 13.8 Å². The van der Waals surface area contributed by atoms with Crippen LogP contribution < -0.4 is 12.4 Å². The van der Waals surface area contributed by atoms with Gasteiger partial charge in [0.15, 0.2) is 11.6 Å². The molecule has 0 radical (unpaired) electrons. The maximum absolute atomic E-state index is 11.1. The Balaban J connectivity index is 0. The van der Waals surface area contributed by atoms with E-state index in [2.05, 4.69) is 0 Å². The zero-order valence-corrected chi connectivity index (χ0v) is 10.1. The summed E-state index contributed by atoms with van der Waals surface area (Å²) in [6.07, 6.45) is 0. The molecule has 0 saturated carbocycles. The second kappa shape index (κ2) is 4.87. The van der Waals surface area contributed by atoms with Gasteiger partial charge in [-0.25, -0.2) is 0 Å². The van der Waals surface area contributed by atoms with Gasteiger partial charge < -0.3 is 22.0 Å². The summed E-state index contributed by atoms with van der Waals surface area (Å²) in [6.45, 7) is 2.58. The number of aliphatic hydroxyl groups is 1. The van der Waals surface area contributed by atoms with Crippen LogP contribution in [0.15, 0.2) is 0 Å². The third kappa shape index (κ3) is 4.17. The lowest BCUT2D eigenvalue weighted by Gasteiger charge is -2.32. The van der Waals surface area contributed by atoms with Crippen LogP contribution in [0.25, 0.3) is 0 Å². The molecule has 0 aliphatic heterocycles. The van der Waals surface area contributed by atoms with Crippen LogP contribution in [0.1, 0.15) is 13.8 Å². The van der Waals surface area contributed by atoms with Crippen molar-refractivity contribution in [1.82, 2.24) is 0 Å². The van der Waals surface area contributed by atoms with Crippen LogP contribution >= 0.6 is 0 Å². The van der Waals surface area contributed by atoms with E-state index in [1.165, 1.54) is 13.8 Å². The fraction of sp³-hybridized carbons (Fsp3) is 0.778. The molecule has 5 heteroatoms. The van der Waals surface area contributed by atoms with Crippen molar-refractivity contribution in [2.75, 3.05) is 27.7 Å². The Labute approximate surface area is 90.9 Å². The van der Waals surface area contributed by atoms with E-state index in [1.807, 2.05) is 21.1 Å². The summed E-state index contributed by atoms with van der Waals surface area (Å²) in [7, 11) is 5.45. The van der Waals surface area contributed by atoms with E-state index >= 15 is 0 Å². The highest BCUT2D eigenvalue weighted by atomic mass is 35.5. The molecule has 14 heavy (non-hydrogen) atoms. The molecule has 0 atom stereocenters. The average molecular weight is 224 g/mol. The highest BCUT2D eigenvalue weighted by Gasteiger charge is 2.43. The van der Waals surface area contributed by atoms with Crippen molar-refractivity contribution in [3.63, 3.8) is 0 Å². The van der Waals surface area contributed by atoms with Crippen LogP contribution in [0.3, 0.4) is 0 Å². The van der Waals surface area contributed by atoms with Crippen molar-refractivity contribution < 1.29 is 31.6 Å². The Morgan fingerprint density at radius 3 is 1.50 bits per heavy atom. The summed E-state index contributed by atoms with van der Waals surface area (Å²) >= 11 is 0. The minimum absolute atomic E-state index is 0. The number of rotatable bonds is 4. The van der Waals surface area contributed by atoms with Gasteiger partial charge in [0, 0.05) is 0 Å². The first-order valence-corrected chi connectivity index (χ1v) is 4.14. The van der Waals surface area contributed by atoms with Crippen molar-refractivity contribution in [2.45, 2.75) is 19.4 Å². The molecule has 0 saturated heterocycles. The number of likely N-dealkylation sites (N-methyl/N-ethyl adjacent to an activating group) is 1. The zero-order chi connectivity index (χ0) is 10.9. The van der Waals surface area contributed by atoms with Crippen LogP contribution in [-0.2, 0) is 9.59 Å². The largest absolute Gasteiger partial charge is 1.00 e. The maximum atomic E-state index is 11.1. The van der Waals surface area contributed by atoms with Crippen molar-refractivity contribution in [1.29, 1.82) is 0 Å². The predicted molar refractivity (Wildman–Crippen MR) is 49.2 cm³/mol. The highest BCUT2D eigenvalue weighted by molar-refractivity contribution is 6.08. The standard InChI is InChI=1S/C9H18NO3.ClH/c1-7(11)9(13,8(2)12)6-10(3,4)5;/h13H,6H2,1-5H3;1H/q+1;/p-1. The van der Waals surface area contributed by atoms with Gasteiger partial charge in [-0.3, -0.25) is 9.59 Å². The fourth-order valence-electron chi connectivity index (χ4n) is 1.16. The molecule has 0 aliphatic carbocycles. The van der Waals surface area contributed by atoms with E-state index in [4.69, 9.17) is 0 Å². The van der Waals surface area contributed by atoms with Gasteiger partial charge >= 0.3 is 0 Å². The summed E-state index contributed by atoms with van der Waals surface area (Å²) in [5.74, 6) is -0.985. The van der Waals surface area contributed by atoms with Crippen molar-refractivity contribution in [3.05, 3.63) is 0 Å². The molecule has 1 N–H and O–H groups in total. The van der Waals surface area contributed by atoms with Crippen molar-refractivity contribution in [3.8, 4) is 0 Å². The third-order valence-corrected chi connectivity index (χ3v) is 1.87. The predicted octanol–water partition coefficient (Wildman–Crippen LogP) is -3.39. The number of Topliss-reactive ketones (excluding diaryl/α,β-unsaturated/α-hetero) is 2. The second-order valence-corrected chi connectivity index (χ2v) is 4.42. The number of carbonyl (C=O) groups is 2. The Morgan fingerprint density at radius 1 is 1.14 bits per heavy atom. The molecule has 0 aromatic heterocycles. The van der Waals surface area contributed by atoms with E-state index in [-0.39, 0.29) is 19.0 Å². The quantitative estimate of drug-likeness (QED) is 0.400. The average Bonchev–Trinajstić information content (AvgIpc) is 1.82. The Kier molecular flexibility index (Phi) is 5.56.